The third-order valence-electron chi connectivity index (χ3n) is 1.88. The van der Waals surface area contributed by atoms with Gasteiger partial charge >= 0.3 is 6.18 Å². The number of halogens is 4. The number of nitrogen functional groups attached to an aromatic ring is 1. The van der Waals surface area contributed by atoms with Gasteiger partial charge in [0.05, 0.1) is 18.0 Å². The molecule has 0 saturated carbocycles. The number of hydrogen-bond acceptors (Lipinski definition) is 3. The summed E-state index contributed by atoms with van der Waals surface area (Å²) < 4.78 is 54.1. The minimum atomic E-state index is -4.37. The number of benzene rings is 1. The van der Waals surface area contributed by atoms with E-state index < -0.39 is 18.5 Å². The Labute approximate surface area is 95.6 Å². The Hall–Kier alpha value is -1.66. The molecular formula is C10H12F4N2O. The van der Waals surface area contributed by atoms with E-state index in [2.05, 4.69) is 5.32 Å². The van der Waals surface area contributed by atoms with Crippen LogP contribution in [0, 0.1) is 5.82 Å². The van der Waals surface area contributed by atoms with Gasteiger partial charge < -0.3 is 15.8 Å². The SMILES string of the molecule is CCOc1cc(NCC(F)(F)F)c(N)cc1F. The first kappa shape index (κ1) is 13.4. The van der Waals surface area contributed by atoms with Crippen molar-refractivity contribution in [1.82, 2.24) is 0 Å². The first-order valence-corrected chi connectivity index (χ1v) is 4.86. The van der Waals surface area contributed by atoms with Crippen molar-refractivity contribution in [3.05, 3.63) is 17.9 Å². The molecule has 0 aliphatic heterocycles. The molecule has 1 aromatic carbocycles. The summed E-state index contributed by atoms with van der Waals surface area (Å²) in [6.07, 6.45) is -4.37. The molecule has 0 amide bonds. The van der Waals surface area contributed by atoms with Gasteiger partial charge in [-0.2, -0.15) is 13.2 Å². The van der Waals surface area contributed by atoms with Crippen LogP contribution in [0.1, 0.15) is 6.92 Å². The quantitative estimate of drug-likeness (QED) is 0.639. The molecule has 96 valence electrons. The van der Waals surface area contributed by atoms with E-state index in [0.717, 1.165) is 12.1 Å². The molecule has 1 rings (SSSR count). The van der Waals surface area contributed by atoms with E-state index in [1.54, 1.807) is 6.92 Å². The van der Waals surface area contributed by atoms with Crippen LogP contribution in [0.25, 0.3) is 0 Å². The van der Waals surface area contributed by atoms with E-state index in [0.29, 0.717) is 0 Å². The highest BCUT2D eigenvalue weighted by Crippen LogP contribution is 2.29. The average molecular weight is 252 g/mol. The van der Waals surface area contributed by atoms with E-state index in [9.17, 15) is 17.6 Å². The zero-order valence-corrected chi connectivity index (χ0v) is 9.07. The van der Waals surface area contributed by atoms with Gasteiger partial charge in [-0.15, -0.1) is 0 Å². The Morgan fingerprint density at radius 1 is 1.35 bits per heavy atom. The van der Waals surface area contributed by atoms with Gasteiger partial charge in [-0.25, -0.2) is 4.39 Å². The number of nitrogens with one attached hydrogen (secondary N) is 1. The summed E-state index contributed by atoms with van der Waals surface area (Å²) in [6, 6.07) is 2.03. The molecular weight excluding hydrogens is 240 g/mol. The van der Waals surface area contributed by atoms with Crippen LogP contribution < -0.4 is 15.8 Å². The Morgan fingerprint density at radius 2 is 2.00 bits per heavy atom. The molecule has 1 aromatic rings. The van der Waals surface area contributed by atoms with Gasteiger partial charge in [0.2, 0.25) is 0 Å². The molecule has 0 aliphatic rings. The van der Waals surface area contributed by atoms with E-state index in [4.69, 9.17) is 10.5 Å². The Bertz CT molecular complexity index is 393. The fourth-order valence-electron chi connectivity index (χ4n) is 1.18. The van der Waals surface area contributed by atoms with Crippen LogP contribution in [0.4, 0.5) is 28.9 Å². The molecule has 0 atom stereocenters. The highest BCUT2D eigenvalue weighted by atomic mass is 19.4. The van der Waals surface area contributed by atoms with Crippen molar-refractivity contribution in [2.75, 3.05) is 24.2 Å². The van der Waals surface area contributed by atoms with Crippen molar-refractivity contribution in [3.63, 3.8) is 0 Å². The van der Waals surface area contributed by atoms with Crippen LogP contribution in [0.3, 0.4) is 0 Å². The summed E-state index contributed by atoms with van der Waals surface area (Å²) in [6.45, 7) is 0.604. The normalized spacial score (nSPS) is 11.4. The van der Waals surface area contributed by atoms with Crippen LogP contribution in [0.5, 0.6) is 5.75 Å². The fraction of sp³-hybridized carbons (Fsp3) is 0.400. The van der Waals surface area contributed by atoms with E-state index in [-0.39, 0.29) is 23.7 Å². The number of hydrogen-bond donors (Lipinski definition) is 2. The summed E-state index contributed by atoms with van der Waals surface area (Å²) in [5, 5.41) is 2.08. The Morgan fingerprint density at radius 3 is 2.53 bits per heavy atom. The van der Waals surface area contributed by atoms with Gasteiger partial charge in [-0.1, -0.05) is 0 Å². The van der Waals surface area contributed by atoms with Gasteiger partial charge in [-0.3, -0.25) is 0 Å². The minimum Gasteiger partial charge on any atom is -0.491 e. The van der Waals surface area contributed by atoms with Crippen molar-refractivity contribution in [3.8, 4) is 5.75 Å². The van der Waals surface area contributed by atoms with Gasteiger partial charge in [0, 0.05) is 12.1 Å². The lowest BCUT2D eigenvalue weighted by molar-refractivity contribution is -0.115. The number of alkyl halides is 3. The lowest BCUT2D eigenvalue weighted by Gasteiger charge is -2.13. The molecule has 7 heteroatoms. The van der Waals surface area contributed by atoms with Gasteiger partial charge in [0.15, 0.2) is 11.6 Å². The van der Waals surface area contributed by atoms with Crippen molar-refractivity contribution in [2.24, 2.45) is 0 Å². The number of nitrogens with two attached hydrogens (primary N) is 1. The topological polar surface area (TPSA) is 47.3 Å². The summed E-state index contributed by atoms with van der Waals surface area (Å²) in [5.74, 6) is -0.840. The lowest BCUT2D eigenvalue weighted by Crippen LogP contribution is -2.21. The molecule has 3 N–H and O–H groups in total. The fourth-order valence-corrected chi connectivity index (χ4v) is 1.18. The van der Waals surface area contributed by atoms with Crippen molar-refractivity contribution in [1.29, 1.82) is 0 Å². The highest BCUT2D eigenvalue weighted by Gasteiger charge is 2.27. The highest BCUT2D eigenvalue weighted by molar-refractivity contribution is 5.68. The summed E-state index contributed by atoms with van der Waals surface area (Å²) >= 11 is 0. The number of anilines is 2. The monoisotopic (exact) mass is 252 g/mol. The summed E-state index contributed by atoms with van der Waals surface area (Å²) in [4.78, 5) is 0. The molecule has 0 fully saturated rings. The zero-order valence-electron chi connectivity index (χ0n) is 9.07. The van der Waals surface area contributed by atoms with Gasteiger partial charge in [-0.05, 0) is 6.92 Å². The first-order valence-electron chi connectivity index (χ1n) is 4.86. The Balaban J connectivity index is 2.88. The minimum absolute atomic E-state index is 0.00725. The average Bonchev–Trinajstić information content (AvgIpc) is 2.19. The second kappa shape index (κ2) is 5.11. The summed E-state index contributed by atoms with van der Waals surface area (Å²) in [7, 11) is 0. The third kappa shape index (κ3) is 4.01. The van der Waals surface area contributed by atoms with Crippen LogP contribution in [-0.2, 0) is 0 Å². The molecule has 0 bridgehead atoms. The molecule has 0 unspecified atom stereocenters. The van der Waals surface area contributed by atoms with Crippen molar-refractivity contribution < 1.29 is 22.3 Å². The predicted octanol–water partition coefficient (Wildman–Crippen LogP) is 2.78. The van der Waals surface area contributed by atoms with E-state index in [1.807, 2.05) is 0 Å². The lowest BCUT2D eigenvalue weighted by atomic mass is 10.2. The van der Waals surface area contributed by atoms with E-state index in [1.165, 1.54) is 0 Å². The van der Waals surface area contributed by atoms with Gasteiger partial charge in [0.25, 0.3) is 0 Å². The van der Waals surface area contributed by atoms with Gasteiger partial charge in [0.1, 0.15) is 6.54 Å². The van der Waals surface area contributed by atoms with Crippen LogP contribution >= 0.6 is 0 Å². The van der Waals surface area contributed by atoms with E-state index >= 15 is 0 Å². The molecule has 3 nitrogen and oxygen atoms in total. The second-order valence-corrected chi connectivity index (χ2v) is 3.27. The zero-order chi connectivity index (χ0) is 13.1. The maximum Gasteiger partial charge on any atom is 0.405 e. The Kier molecular flexibility index (Phi) is 4.03. The molecule has 0 spiro atoms. The van der Waals surface area contributed by atoms with Crippen molar-refractivity contribution in [2.45, 2.75) is 13.1 Å². The number of ether oxygens (including phenoxy) is 1. The maximum absolute atomic E-state index is 13.2. The van der Waals surface area contributed by atoms with Crippen LogP contribution in [0.2, 0.25) is 0 Å². The smallest absolute Gasteiger partial charge is 0.405 e. The molecule has 0 radical (unpaired) electrons. The molecule has 0 aromatic heterocycles. The molecule has 0 aliphatic carbocycles. The van der Waals surface area contributed by atoms with Crippen LogP contribution in [0.15, 0.2) is 12.1 Å². The van der Waals surface area contributed by atoms with Crippen molar-refractivity contribution >= 4 is 11.4 Å². The number of rotatable bonds is 4. The molecule has 0 heterocycles. The molecule has 17 heavy (non-hydrogen) atoms. The first-order chi connectivity index (χ1) is 7.83. The summed E-state index contributed by atoms with van der Waals surface area (Å²) in [5.41, 5.74) is 5.28. The standard InChI is InChI=1S/C10H12F4N2O/c1-2-17-9-4-8(7(15)3-6(9)11)16-5-10(12,13)14/h3-4,16H,2,5,15H2,1H3. The van der Waals surface area contributed by atoms with Crippen LogP contribution in [-0.4, -0.2) is 19.3 Å². The second-order valence-electron chi connectivity index (χ2n) is 3.27. The maximum atomic E-state index is 13.2. The molecule has 0 saturated heterocycles. The largest absolute Gasteiger partial charge is 0.491 e. The predicted molar refractivity (Wildman–Crippen MR) is 56.5 cm³/mol. The third-order valence-corrected chi connectivity index (χ3v) is 1.88.